The molecule has 0 amide bonds. The van der Waals surface area contributed by atoms with Crippen LogP contribution in [0, 0.1) is 11.3 Å². The van der Waals surface area contributed by atoms with Gasteiger partial charge in [0.2, 0.25) is 0 Å². The van der Waals surface area contributed by atoms with Gasteiger partial charge in [-0.15, -0.1) is 0 Å². The molecule has 0 bridgehead atoms. The Morgan fingerprint density at radius 3 is 2.50 bits per heavy atom. The highest BCUT2D eigenvalue weighted by molar-refractivity contribution is 4.93. The molecular weight excluding hydrogens is 222 g/mol. The number of hydrogen-bond acceptors (Lipinski definition) is 2. The van der Waals surface area contributed by atoms with Crippen molar-refractivity contribution < 1.29 is 4.74 Å². The molecule has 2 heteroatoms. The fraction of sp³-hybridized carbons (Fsp3) is 1.00. The van der Waals surface area contributed by atoms with Gasteiger partial charge in [0.1, 0.15) is 0 Å². The molecule has 2 unspecified atom stereocenters. The van der Waals surface area contributed by atoms with Crippen molar-refractivity contribution in [2.75, 3.05) is 13.1 Å². The average Bonchev–Trinajstić information content (AvgIpc) is 2.89. The quantitative estimate of drug-likeness (QED) is 0.824. The Kier molecular flexibility index (Phi) is 4.38. The third-order valence-electron chi connectivity index (χ3n) is 5.15. The Morgan fingerprint density at radius 2 is 1.89 bits per heavy atom. The van der Waals surface area contributed by atoms with Crippen molar-refractivity contribution in [2.24, 2.45) is 11.3 Å². The van der Waals surface area contributed by atoms with E-state index in [1.54, 1.807) is 0 Å². The second-order valence-electron chi connectivity index (χ2n) is 7.59. The van der Waals surface area contributed by atoms with Crippen molar-refractivity contribution in [1.29, 1.82) is 0 Å². The molecule has 1 N–H and O–H groups in total. The molecule has 1 aliphatic heterocycles. The van der Waals surface area contributed by atoms with E-state index in [0.29, 0.717) is 23.0 Å². The van der Waals surface area contributed by atoms with E-state index in [1.807, 2.05) is 0 Å². The molecule has 0 aromatic rings. The fourth-order valence-corrected chi connectivity index (χ4v) is 3.19. The largest absolute Gasteiger partial charge is 0.370 e. The predicted molar refractivity (Wildman–Crippen MR) is 76.8 cm³/mol. The van der Waals surface area contributed by atoms with Crippen LogP contribution >= 0.6 is 0 Å². The molecule has 2 aliphatic rings. The van der Waals surface area contributed by atoms with Gasteiger partial charge in [-0.1, -0.05) is 40.5 Å². The van der Waals surface area contributed by atoms with E-state index in [1.165, 1.54) is 38.5 Å². The monoisotopic (exact) mass is 253 g/mol. The predicted octanol–water partition coefficient (Wildman–Crippen LogP) is 3.75. The number of ether oxygens (including phenoxy) is 1. The normalized spacial score (nSPS) is 29.0. The highest BCUT2D eigenvalue weighted by atomic mass is 16.5. The Morgan fingerprint density at radius 1 is 1.22 bits per heavy atom. The Balaban J connectivity index is 1.66. The summed E-state index contributed by atoms with van der Waals surface area (Å²) in [7, 11) is 0. The molecule has 0 radical (unpaired) electrons. The molecule has 2 fully saturated rings. The standard InChI is InChI=1S/C16H31NO/c1-13(15(2,3)4)11-17-12-14-7-10-16(18-14)8-5-6-9-16/h13-14,17H,5-12H2,1-4H3. The van der Waals surface area contributed by atoms with Gasteiger partial charge in [0.05, 0.1) is 11.7 Å². The van der Waals surface area contributed by atoms with E-state index < -0.39 is 0 Å². The van der Waals surface area contributed by atoms with Crippen LogP contribution < -0.4 is 5.32 Å². The minimum Gasteiger partial charge on any atom is -0.370 e. The van der Waals surface area contributed by atoms with Gasteiger partial charge < -0.3 is 10.1 Å². The molecule has 2 atom stereocenters. The lowest BCUT2D eigenvalue weighted by Gasteiger charge is -2.28. The van der Waals surface area contributed by atoms with Gasteiger partial charge in [0.25, 0.3) is 0 Å². The van der Waals surface area contributed by atoms with Crippen molar-refractivity contribution >= 4 is 0 Å². The lowest BCUT2D eigenvalue weighted by Crippen LogP contribution is -2.35. The van der Waals surface area contributed by atoms with Crippen LogP contribution in [0.1, 0.15) is 66.2 Å². The minimum absolute atomic E-state index is 0.294. The number of rotatable bonds is 4. The topological polar surface area (TPSA) is 21.3 Å². The van der Waals surface area contributed by atoms with Crippen LogP contribution in [0.5, 0.6) is 0 Å². The molecule has 1 heterocycles. The van der Waals surface area contributed by atoms with Crippen LogP contribution in [0.2, 0.25) is 0 Å². The summed E-state index contributed by atoms with van der Waals surface area (Å²) in [4.78, 5) is 0. The first-order valence-corrected chi connectivity index (χ1v) is 7.80. The summed E-state index contributed by atoms with van der Waals surface area (Å²) in [5.74, 6) is 0.708. The zero-order valence-electron chi connectivity index (χ0n) is 12.7. The second kappa shape index (κ2) is 5.50. The summed E-state index contributed by atoms with van der Waals surface area (Å²) in [6.07, 6.45) is 8.40. The molecule has 1 spiro atoms. The lowest BCUT2D eigenvalue weighted by molar-refractivity contribution is -0.0355. The lowest BCUT2D eigenvalue weighted by atomic mass is 9.82. The minimum atomic E-state index is 0.294. The summed E-state index contributed by atoms with van der Waals surface area (Å²) in [6.45, 7) is 11.4. The van der Waals surface area contributed by atoms with Crippen LogP contribution in [0.25, 0.3) is 0 Å². The summed E-state index contributed by atoms with van der Waals surface area (Å²) in [6, 6.07) is 0. The highest BCUT2D eigenvalue weighted by Gasteiger charge is 2.41. The molecule has 0 aromatic carbocycles. The van der Waals surface area contributed by atoms with Gasteiger partial charge in [0, 0.05) is 6.54 Å². The highest BCUT2D eigenvalue weighted by Crippen LogP contribution is 2.43. The van der Waals surface area contributed by atoms with Crippen LogP contribution in [0.3, 0.4) is 0 Å². The van der Waals surface area contributed by atoms with E-state index in [4.69, 9.17) is 4.74 Å². The van der Waals surface area contributed by atoms with Crippen LogP contribution in [-0.4, -0.2) is 24.8 Å². The first-order valence-electron chi connectivity index (χ1n) is 7.80. The first kappa shape index (κ1) is 14.3. The number of hydrogen-bond donors (Lipinski definition) is 1. The van der Waals surface area contributed by atoms with Gasteiger partial charge in [-0.05, 0) is 43.6 Å². The summed E-state index contributed by atoms with van der Waals surface area (Å²) in [5.41, 5.74) is 0.693. The summed E-state index contributed by atoms with van der Waals surface area (Å²) >= 11 is 0. The van der Waals surface area contributed by atoms with Gasteiger partial charge in [-0.2, -0.15) is 0 Å². The zero-order valence-corrected chi connectivity index (χ0v) is 12.7. The molecule has 1 saturated heterocycles. The third kappa shape index (κ3) is 3.48. The van der Waals surface area contributed by atoms with E-state index in [2.05, 4.69) is 33.0 Å². The first-order chi connectivity index (χ1) is 8.41. The van der Waals surface area contributed by atoms with E-state index in [-0.39, 0.29) is 0 Å². The average molecular weight is 253 g/mol. The SMILES string of the molecule is CC(CNCC1CCC2(CCCC2)O1)C(C)(C)C. The van der Waals surface area contributed by atoms with Crippen LogP contribution in [-0.2, 0) is 4.74 Å². The van der Waals surface area contributed by atoms with Crippen molar-refractivity contribution in [1.82, 2.24) is 5.32 Å². The Hall–Kier alpha value is -0.0800. The molecule has 18 heavy (non-hydrogen) atoms. The maximum atomic E-state index is 6.31. The van der Waals surface area contributed by atoms with Gasteiger partial charge in [-0.3, -0.25) is 0 Å². The maximum absolute atomic E-state index is 6.31. The molecule has 106 valence electrons. The fourth-order valence-electron chi connectivity index (χ4n) is 3.19. The summed E-state index contributed by atoms with van der Waals surface area (Å²) in [5, 5.41) is 3.62. The van der Waals surface area contributed by atoms with Gasteiger partial charge >= 0.3 is 0 Å². The Labute approximate surface area is 113 Å². The van der Waals surface area contributed by atoms with Crippen molar-refractivity contribution in [3.63, 3.8) is 0 Å². The van der Waals surface area contributed by atoms with Crippen molar-refractivity contribution in [3.05, 3.63) is 0 Å². The van der Waals surface area contributed by atoms with Gasteiger partial charge in [-0.25, -0.2) is 0 Å². The van der Waals surface area contributed by atoms with Crippen molar-refractivity contribution in [3.8, 4) is 0 Å². The number of nitrogens with one attached hydrogen (secondary N) is 1. The third-order valence-corrected chi connectivity index (χ3v) is 5.15. The molecule has 1 saturated carbocycles. The van der Waals surface area contributed by atoms with E-state index in [0.717, 1.165) is 13.1 Å². The van der Waals surface area contributed by atoms with E-state index >= 15 is 0 Å². The van der Waals surface area contributed by atoms with Crippen LogP contribution in [0.4, 0.5) is 0 Å². The van der Waals surface area contributed by atoms with Crippen LogP contribution in [0.15, 0.2) is 0 Å². The molecular formula is C16H31NO. The van der Waals surface area contributed by atoms with Gasteiger partial charge in [0.15, 0.2) is 0 Å². The van der Waals surface area contributed by atoms with E-state index in [9.17, 15) is 0 Å². The zero-order chi connectivity index (χ0) is 13.2. The maximum Gasteiger partial charge on any atom is 0.0708 e. The molecule has 2 rings (SSSR count). The molecule has 0 aromatic heterocycles. The second-order valence-corrected chi connectivity index (χ2v) is 7.59. The smallest absolute Gasteiger partial charge is 0.0708 e. The molecule has 2 nitrogen and oxygen atoms in total. The summed E-state index contributed by atoms with van der Waals surface area (Å²) < 4.78 is 6.31. The molecule has 1 aliphatic carbocycles. The Bertz CT molecular complexity index is 263. The van der Waals surface area contributed by atoms with Crippen molar-refractivity contribution in [2.45, 2.75) is 77.9 Å².